The van der Waals surface area contributed by atoms with Gasteiger partial charge >= 0.3 is 0 Å². The third kappa shape index (κ3) is 6.16. The van der Waals surface area contributed by atoms with Gasteiger partial charge in [0.25, 0.3) is 15.9 Å². The quantitative estimate of drug-likeness (QED) is 0.523. The third-order valence-electron chi connectivity index (χ3n) is 5.55. The fraction of sp³-hybridized carbons (Fsp3) is 0.435. The van der Waals surface area contributed by atoms with Gasteiger partial charge in [-0.25, -0.2) is 8.42 Å². The molecule has 1 aliphatic heterocycles. The van der Waals surface area contributed by atoms with Gasteiger partial charge in [-0.05, 0) is 49.4 Å². The molecule has 180 valence electrons. The van der Waals surface area contributed by atoms with Crippen LogP contribution < -0.4 is 19.1 Å². The Morgan fingerprint density at radius 3 is 2.36 bits per heavy atom. The van der Waals surface area contributed by atoms with E-state index in [1.807, 2.05) is 0 Å². The van der Waals surface area contributed by atoms with Crippen LogP contribution in [0.1, 0.15) is 16.8 Å². The number of hydrogen-bond acceptors (Lipinski definition) is 7. The average molecular weight is 478 g/mol. The number of carbonyl (C=O) groups excluding carboxylic acids is 1. The molecule has 0 bridgehead atoms. The smallest absolute Gasteiger partial charge is 0.264 e. The van der Waals surface area contributed by atoms with E-state index >= 15 is 0 Å². The molecule has 9 nitrogen and oxygen atoms in total. The van der Waals surface area contributed by atoms with Gasteiger partial charge in [-0.3, -0.25) is 14.0 Å². The number of benzene rings is 2. The maximum absolute atomic E-state index is 13.1. The first-order chi connectivity index (χ1) is 15.9. The molecule has 0 aliphatic carbocycles. The van der Waals surface area contributed by atoms with E-state index in [1.165, 1.54) is 33.4 Å². The molecule has 3 rings (SSSR count). The number of methoxy groups -OCH3 is 2. The Labute approximate surface area is 195 Å². The summed E-state index contributed by atoms with van der Waals surface area (Å²) in [5.41, 5.74) is 0.913. The first-order valence-corrected chi connectivity index (χ1v) is 12.2. The van der Waals surface area contributed by atoms with E-state index < -0.39 is 10.0 Å². The highest BCUT2D eigenvalue weighted by molar-refractivity contribution is 7.92. The highest BCUT2D eigenvalue weighted by Crippen LogP contribution is 2.31. The lowest BCUT2D eigenvalue weighted by Gasteiger charge is -2.26. The van der Waals surface area contributed by atoms with Crippen LogP contribution in [-0.2, 0) is 14.8 Å². The molecule has 2 aromatic carbocycles. The second-order valence-corrected chi connectivity index (χ2v) is 9.57. The number of ether oxygens (including phenoxy) is 3. The van der Waals surface area contributed by atoms with Crippen LogP contribution in [0, 0.1) is 0 Å². The molecule has 33 heavy (non-hydrogen) atoms. The molecule has 1 saturated heterocycles. The van der Waals surface area contributed by atoms with E-state index in [9.17, 15) is 13.2 Å². The molecule has 0 aromatic heterocycles. The van der Waals surface area contributed by atoms with E-state index in [0.717, 1.165) is 43.6 Å². The number of nitrogens with zero attached hydrogens (tertiary/aromatic N) is 2. The number of morpholine rings is 1. The zero-order valence-electron chi connectivity index (χ0n) is 19.2. The molecule has 2 aromatic rings. The van der Waals surface area contributed by atoms with Gasteiger partial charge in [0.15, 0.2) is 11.5 Å². The van der Waals surface area contributed by atoms with Crippen molar-refractivity contribution in [1.82, 2.24) is 10.2 Å². The van der Waals surface area contributed by atoms with Gasteiger partial charge in [0.1, 0.15) is 0 Å². The fourth-order valence-electron chi connectivity index (χ4n) is 3.53. The Bertz CT molecular complexity index is 1040. The van der Waals surface area contributed by atoms with Crippen LogP contribution >= 0.6 is 0 Å². The molecule has 1 amide bonds. The van der Waals surface area contributed by atoms with Crippen molar-refractivity contribution in [3.05, 3.63) is 48.0 Å². The summed E-state index contributed by atoms with van der Waals surface area (Å²) >= 11 is 0. The number of sulfonamides is 1. The zero-order chi connectivity index (χ0) is 23.8. The van der Waals surface area contributed by atoms with Crippen LogP contribution in [-0.4, -0.2) is 79.9 Å². The summed E-state index contributed by atoms with van der Waals surface area (Å²) < 4.78 is 43.0. The molecule has 1 aliphatic rings. The lowest BCUT2D eigenvalue weighted by molar-refractivity contribution is 0.0374. The Kier molecular flexibility index (Phi) is 8.54. The zero-order valence-corrected chi connectivity index (χ0v) is 20.1. The summed E-state index contributed by atoms with van der Waals surface area (Å²) in [5, 5.41) is 2.91. The topological polar surface area (TPSA) is 97.4 Å². The van der Waals surface area contributed by atoms with Gasteiger partial charge < -0.3 is 19.5 Å². The molecule has 0 atom stereocenters. The fourth-order valence-corrected chi connectivity index (χ4v) is 4.74. The van der Waals surface area contributed by atoms with Crippen LogP contribution in [0.2, 0.25) is 0 Å². The first-order valence-electron chi connectivity index (χ1n) is 10.8. The van der Waals surface area contributed by atoms with Crippen LogP contribution in [0.5, 0.6) is 11.5 Å². The summed E-state index contributed by atoms with van der Waals surface area (Å²) in [6, 6.07) is 10.9. The van der Waals surface area contributed by atoms with Crippen molar-refractivity contribution in [3.8, 4) is 11.5 Å². The Balaban J connectivity index is 1.59. The Hall–Kier alpha value is -2.82. The normalized spacial score (nSPS) is 14.5. The summed E-state index contributed by atoms with van der Waals surface area (Å²) in [4.78, 5) is 14.8. The lowest BCUT2D eigenvalue weighted by Crippen LogP contribution is -2.38. The van der Waals surface area contributed by atoms with Gasteiger partial charge in [-0.1, -0.05) is 0 Å². The van der Waals surface area contributed by atoms with E-state index in [1.54, 1.807) is 30.3 Å². The third-order valence-corrected chi connectivity index (χ3v) is 7.33. The van der Waals surface area contributed by atoms with Gasteiger partial charge in [0.2, 0.25) is 0 Å². The van der Waals surface area contributed by atoms with E-state index in [4.69, 9.17) is 14.2 Å². The predicted molar refractivity (Wildman–Crippen MR) is 126 cm³/mol. The van der Waals surface area contributed by atoms with Crippen LogP contribution in [0.4, 0.5) is 5.69 Å². The van der Waals surface area contributed by atoms with Crippen molar-refractivity contribution in [2.45, 2.75) is 11.3 Å². The van der Waals surface area contributed by atoms with Crippen molar-refractivity contribution < 1.29 is 27.4 Å². The molecule has 0 spiro atoms. The Morgan fingerprint density at radius 1 is 1.06 bits per heavy atom. The molecule has 0 unspecified atom stereocenters. The maximum atomic E-state index is 13.1. The second kappa shape index (κ2) is 11.4. The van der Waals surface area contributed by atoms with Gasteiger partial charge in [0.05, 0.1) is 38.0 Å². The number of amides is 1. The number of anilines is 1. The monoisotopic (exact) mass is 477 g/mol. The predicted octanol–water partition coefficient (Wildman–Crippen LogP) is 1.98. The van der Waals surface area contributed by atoms with Crippen molar-refractivity contribution in [2.24, 2.45) is 0 Å². The SMILES string of the molecule is COc1ccc(S(=O)(=O)N(C)c2ccc(C(=O)NCCCN3CCOCC3)cc2)cc1OC. The number of rotatable bonds is 10. The Morgan fingerprint density at radius 2 is 1.73 bits per heavy atom. The minimum Gasteiger partial charge on any atom is -0.493 e. The molecule has 0 saturated carbocycles. The molecule has 1 N–H and O–H groups in total. The van der Waals surface area contributed by atoms with Gasteiger partial charge in [0, 0.05) is 38.3 Å². The summed E-state index contributed by atoms with van der Waals surface area (Å²) in [6.07, 6.45) is 0.857. The number of nitrogens with one attached hydrogen (secondary N) is 1. The van der Waals surface area contributed by atoms with Crippen LogP contribution in [0.3, 0.4) is 0 Å². The number of carbonyl (C=O) groups is 1. The first kappa shape index (κ1) is 24.8. The lowest BCUT2D eigenvalue weighted by atomic mass is 10.2. The van der Waals surface area contributed by atoms with Crippen molar-refractivity contribution >= 4 is 21.6 Å². The summed E-state index contributed by atoms with van der Waals surface area (Å²) in [6.45, 7) is 4.86. The molecule has 1 heterocycles. The van der Waals surface area contributed by atoms with Crippen LogP contribution in [0.15, 0.2) is 47.4 Å². The highest BCUT2D eigenvalue weighted by Gasteiger charge is 2.23. The molecule has 0 radical (unpaired) electrons. The molecular formula is C23H31N3O6S. The van der Waals surface area contributed by atoms with Crippen molar-refractivity contribution in [1.29, 1.82) is 0 Å². The minimum absolute atomic E-state index is 0.0738. The van der Waals surface area contributed by atoms with Crippen molar-refractivity contribution in [3.63, 3.8) is 0 Å². The van der Waals surface area contributed by atoms with Gasteiger partial charge in [-0.15, -0.1) is 0 Å². The average Bonchev–Trinajstić information content (AvgIpc) is 2.86. The van der Waals surface area contributed by atoms with Crippen LogP contribution in [0.25, 0.3) is 0 Å². The maximum Gasteiger partial charge on any atom is 0.264 e. The minimum atomic E-state index is -3.83. The standard InChI is InChI=1S/C23H31N3O6S/c1-25(33(28,29)20-9-10-21(30-2)22(17-20)31-3)19-7-5-18(6-8-19)23(27)24-11-4-12-26-13-15-32-16-14-26/h5-10,17H,4,11-16H2,1-3H3,(H,24,27). The number of hydrogen-bond donors (Lipinski definition) is 1. The van der Waals surface area contributed by atoms with E-state index in [0.29, 0.717) is 29.3 Å². The molecular weight excluding hydrogens is 446 g/mol. The molecule has 10 heteroatoms. The highest BCUT2D eigenvalue weighted by atomic mass is 32.2. The van der Waals surface area contributed by atoms with Crippen molar-refractivity contribution in [2.75, 3.05) is 65.0 Å². The van der Waals surface area contributed by atoms with E-state index in [2.05, 4.69) is 10.2 Å². The summed E-state index contributed by atoms with van der Waals surface area (Å²) in [5.74, 6) is 0.584. The van der Waals surface area contributed by atoms with E-state index in [-0.39, 0.29) is 10.8 Å². The largest absolute Gasteiger partial charge is 0.493 e. The molecule has 1 fully saturated rings. The second-order valence-electron chi connectivity index (χ2n) is 7.60. The summed E-state index contributed by atoms with van der Waals surface area (Å²) in [7, 11) is 0.573. The van der Waals surface area contributed by atoms with Gasteiger partial charge in [-0.2, -0.15) is 0 Å².